The largest absolute Gasteiger partial charge is 0.366 e. The van der Waals surface area contributed by atoms with Crippen LogP contribution >= 0.6 is 0 Å². The van der Waals surface area contributed by atoms with E-state index in [2.05, 4.69) is 20.2 Å². The fourth-order valence-electron chi connectivity index (χ4n) is 3.31. The zero-order valence-corrected chi connectivity index (χ0v) is 16.0. The molecule has 0 unspecified atom stereocenters. The minimum atomic E-state index is -0.497. The zero-order chi connectivity index (χ0) is 20.5. The second-order valence-electron chi connectivity index (χ2n) is 6.89. The Kier molecular flexibility index (Phi) is 4.67. The molecule has 3 N–H and O–H groups in total. The molecule has 1 amide bonds. The molecule has 2 heterocycles. The van der Waals surface area contributed by atoms with Crippen LogP contribution in [0.3, 0.4) is 0 Å². The second-order valence-corrected chi connectivity index (χ2v) is 6.89. The van der Waals surface area contributed by atoms with E-state index in [-0.39, 0.29) is 5.82 Å². The highest BCUT2D eigenvalue weighted by atomic mass is 19.1. The van der Waals surface area contributed by atoms with Crippen LogP contribution in [0.2, 0.25) is 0 Å². The summed E-state index contributed by atoms with van der Waals surface area (Å²) in [6, 6.07) is 10.5. The highest BCUT2D eigenvalue weighted by Gasteiger charge is 2.21. The van der Waals surface area contributed by atoms with E-state index in [9.17, 15) is 4.79 Å². The summed E-state index contributed by atoms with van der Waals surface area (Å²) in [7, 11) is 0. The van der Waals surface area contributed by atoms with Crippen molar-refractivity contribution in [3.8, 4) is 0 Å². The number of carbonyl (C=O) groups is 1. The summed E-state index contributed by atoms with van der Waals surface area (Å²) in [5.41, 5.74) is 9.72. The zero-order valence-electron chi connectivity index (χ0n) is 16.0. The molecular weight excluding hydrogens is 371 g/mol. The first-order valence-electron chi connectivity index (χ1n) is 9.01. The average molecular weight is 390 g/mol. The van der Waals surface area contributed by atoms with Gasteiger partial charge in [0.15, 0.2) is 5.82 Å². The van der Waals surface area contributed by atoms with Gasteiger partial charge in [0.1, 0.15) is 23.2 Å². The van der Waals surface area contributed by atoms with Crippen molar-refractivity contribution in [1.29, 1.82) is 0 Å². The molecule has 4 rings (SSSR count). The smallest absolute Gasteiger partial charge is 0.248 e. The van der Waals surface area contributed by atoms with Crippen molar-refractivity contribution in [3.05, 3.63) is 77.0 Å². The molecule has 2 aromatic carbocycles. The number of H-pyrrole nitrogens is 1. The lowest BCUT2D eigenvalue weighted by Gasteiger charge is -2.26. The lowest BCUT2D eigenvalue weighted by Crippen LogP contribution is -2.20. The number of aromatic amines is 1. The Morgan fingerprint density at radius 1 is 1.17 bits per heavy atom. The number of hydrogen-bond acceptors (Lipinski definition) is 5. The second kappa shape index (κ2) is 7.31. The van der Waals surface area contributed by atoms with Crippen LogP contribution in [0.15, 0.2) is 48.9 Å². The van der Waals surface area contributed by atoms with Crippen LogP contribution in [-0.2, 0) is 6.54 Å². The molecule has 0 bridgehead atoms. The predicted molar refractivity (Wildman–Crippen MR) is 108 cm³/mol. The molecule has 0 spiro atoms. The van der Waals surface area contributed by atoms with E-state index in [4.69, 9.17) is 5.73 Å². The summed E-state index contributed by atoms with van der Waals surface area (Å²) in [6.45, 7) is 3.98. The molecule has 7 nitrogen and oxygen atoms in total. The summed E-state index contributed by atoms with van der Waals surface area (Å²) >= 11 is 0. The fraction of sp³-hybridized carbons (Fsp3) is 0.143. The van der Waals surface area contributed by atoms with Crippen LogP contribution in [0.1, 0.15) is 27.0 Å². The van der Waals surface area contributed by atoms with Crippen molar-refractivity contribution in [2.24, 2.45) is 5.73 Å². The first-order valence-corrected chi connectivity index (χ1v) is 9.01. The maximum atomic E-state index is 15.1. The Bertz CT molecular complexity index is 1200. The Labute approximate surface area is 166 Å². The number of benzene rings is 2. The van der Waals surface area contributed by atoms with Crippen LogP contribution in [0.4, 0.5) is 15.9 Å². The van der Waals surface area contributed by atoms with Gasteiger partial charge in [-0.1, -0.05) is 18.2 Å². The third-order valence-electron chi connectivity index (χ3n) is 4.73. The summed E-state index contributed by atoms with van der Waals surface area (Å²) < 4.78 is 15.1. The summed E-state index contributed by atoms with van der Waals surface area (Å²) in [6.07, 6.45) is 3.02. The number of carbonyl (C=O) groups excluding carboxylic acids is 1. The maximum absolute atomic E-state index is 15.1. The van der Waals surface area contributed by atoms with Crippen molar-refractivity contribution in [3.63, 3.8) is 0 Å². The maximum Gasteiger partial charge on any atom is 0.248 e. The number of primary amides is 1. The number of aryl methyl sites for hydroxylation is 2. The van der Waals surface area contributed by atoms with Gasteiger partial charge in [-0.25, -0.2) is 14.4 Å². The van der Waals surface area contributed by atoms with E-state index in [1.54, 1.807) is 54.4 Å². The van der Waals surface area contributed by atoms with Crippen LogP contribution in [0.5, 0.6) is 0 Å². The molecule has 0 atom stereocenters. The molecule has 0 aliphatic rings. The Hall–Kier alpha value is -3.81. The molecule has 29 heavy (non-hydrogen) atoms. The molecule has 0 radical (unpaired) electrons. The van der Waals surface area contributed by atoms with Gasteiger partial charge in [0.2, 0.25) is 5.91 Å². The van der Waals surface area contributed by atoms with E-state index < -0.39 is 5.91 Å². The number of anilines is 2. The fourth-order valence-corrected chi connectivity index (χ4v) is 3.31. The molecular formula is C21H19FN6O. The molecule has 0 saturated heterocycles. The normalized spacial score (nSPS) is 11.0. The summed E-state index contributed by atoms with van der Waals surface area (Å²) in [5, 5.41) is 6.93. The third kappa shape index (κ3) is 3.52. The van der Waals surface area contributed by atoms with Crippen molar-refractivity contribution in [1.82, 2.24) is 20.2 Å². The summed E-state index contributed by atoms with van der Waals surface area (Å²) in [4.78, 5) is 21.7. The van der Waals surface area contributed by atoms with Gasteiger partial charge in [0.05, 0.1) is 11.9 Å². The van der Waals surface area contributed by atoms with Crippen molar-refractivity contribution >= 4 is 28.4 Å². The van der Waals surface area contributed by atoms with Crippen molar-refractivity contribution in [2.45, 2.75) is 20.4 Å². The summed E-state index contributed by atoms with van der Waals surface area (Å²) in [5.74, 6) is -0.310. The molecule has 0 saturated carbocycles. The average Bonchev–Trinajstić information content (AvgIpc) is 3.18. The molecule has 0 aliphatic carbocycles. The molecule has 2 aromatic heterocycles. The number of nitrogens with one attached hydrogen (secondary N) is 1. The number of nitrogens with two attached hydrogens (primary N) is 1. The lowest BCUT2D eigenvalue weighted by molar-refractivity contribution is 0.100. The van der Waals surface area contributed by atoms with E-state index in [0.29, 0.717) is 40.2 Å². The highest BCUT2D eigenvalue weighted by molar-refractivity contribution is 5.92. The highest BCUT2D eigenvalue weighted by Crippen LogP contribution is 2.33. The van der Waals surface area contributed by atoms with Gasteiger partial charge >= 0.3 is 0 Å². The molecule has 146 valence electrons. The Balaban J connectivity index is 1.86. The minimum Gasteiger partial charge on any atom is -0.366 e. The topological polar surface area (TPSA) is 101 Å². The van der Waals surface area contributed by atoms with E-state index in [1.165, 1.54) is 6.33 Å². The van der Waals surface area contributed by atoms with Gasteiger partial charge in [-0.05, 0) is 48.7 Å². The minimum absolute atomic E-state index is 0.323. The van der Waals surface area contributed by atoms with E-state index in [0.717, 1.165) is 11.1 Å². The van der Waals surface area contributed by atoms with Crippen LogP contribution < -0.4 is 10.6 Å². The number of nitrogens with zero attached hydrogens (tertiary/aromatic N) is 4. The van der Waals surface area contributed by atoms with E-state index in [1.807, 2.05) is 6.92 Å². The molecule has 8 heteroatoms. The van der Waals surface area contributed by atoms with Gasteiger partial charge < -0.3 is 10.6 Å². The Morgan fingerprint density at radius 2 is 1.93 bits per heavy atom. The number of rotatable bonds is 5. The van der Waals surface area contributed by atoms with Gasteiger partial charge in [-0.3, -0.25) is 9.89 Å². The quantitative estimate of drug-likeness (QED) is 0.543. The van der Waals surface area contributed by atoms with Crippen LogP contribution in [-0.4, -0.2) is 26.1 Å². The first-order chi connectivity index (χ1) is 13.9. The van der Waals surface area contributed by atoms with Crippen LogP contribution in [0.25, 0.3) is 11.0 Å². The number of amides is 1. The lowest BCUT2D eigenvalue weighted by atomic mass is 10.1. The standard InChI is InChI=1S/C21H19FN6O/c1-12-7-13(2)18(22)17(8-12)28(10-14-3-5-15(6-4-14)20(23)29)21-19-16(9-26-27-19)24-11-25-21/h3-9,11H,10H2,1-2H3,(H2,23,29)(H,26,27). The number of hydrogen-bond donors (Lipinski definition) is 2. The van der Waals surface area contributed by atoms with Gasteiger partial charge in [0.25, 0.3) is 0 Å². The van der Waals surface area contributed by atoms with E-state index >= 15 is 4.39 Å². The third-order valence-corrected chi connectivity index (χ3v) is 4.73. The van der Waals surface area contributed by atoms with Gasteiger partial charge in [-0.15, -0.1) is 0 Å². The molecule has 0 fully saturated rings. The number of aromatic nitrogens is 4. The van der Waals surface area contributed by atoms with Gasteiger partial charge in [-0.2, -0.15) is 5.10 Å². The molecule has 4 aromatic rings. The monoisotopic (exact) mass is 390 g/mol. The SMILES string of the molecule is Cc1cc(C)c(F)c(N(Cc2ccc(C(N)=O)cc2)c2ncnc3cn[nH]c23)c1. The van der Waals surface area contributed by atoms with Crippen molar-refractivity contribution in [2.75, 3.05) is 4.90 Å². The predicted octanol–water partition coefficient (Wildman–Crippen LogP) is 3.55. The first kappa shape index (κ1) is 18.5. The molecule has 0 aliphatic heterocycles. The Morgan fingerprint density at radius 3 is 2.66 bits per heavy atom. The van der Waals surface area contributed by atoms with Crippen LogP contribution in [0, 0.1) is 19.7 Å². The number of halogens is 1. The van der Waals surface area contributed by atoms with Gasteiger partial charge in [0, 0.05) is 12.1 Å². The van der Waals surface area contributed by atoms with Crippen molar-refractivity contribution < 1.29 is 9.18 Å². The number of fused-ring (bicyclic) bond motifs is 1.